The van der Waals surface area contributed by atoms with Gasteiger partial charge in [-0.25, -0.2) is 4.39 Å². The third kappa shape index (κ3) is 6.32. The van der Waals surface area contributed by atoms with Crippen molar-refractivity contribution in [3.63, 3.8) is 0 Å². The zero-order valence-electron chi connectivity index (χ0n) is 13.4. The fourth-order valence-corrected chi connectivity index (χ4v) is 2.82. The van der Waals surface area contributed by atoms with E-state index in [0.29, 0.717) is 6.54 Å². The lowest BCUT2D eigenvalue weighted by atomic mass is 10.3. The minimum Gasteiger partial charge on any atom is -0.356 e. The first kappa shape index (κ1) is 17.3. The van der Waals surface area contributed by atoms with Gasteiger partial charge in [-0.15, -0.1) is 11.8 Å². The highest BCUT2D eigenvalue weighted by Crippen LogP contribution is 2.18. The molecule has 0 saturated heterocycles. The van der Waals surface area contributed by atoms with E-state index in [0.717, 1.165) is 35.1 Å². The second kappa shape index (κ2) is 9.19. The van der Waals surface area contributed by atoms with Gasteiger partial charge >= 0.3 is 0 Å². The summed E-state index contributed by atoms with van der Waals surface area (Å²) in [5, 5.41) is 10.7. The Morgan fingerprint density at radius 2 is 2.09 bits per heavy atom. The number of nitrogens with zero attached hydrogens (tertiary/aromatic N) is 3. The van der Waals surface area contributed by atoms with Crippen molar-refractivity contribution in [3.05, 3.63) is 48.0 Å². The van der Waals surface area contributed by atoms with E-state index in [1.807, 2.05) is 31.6 Å². The monoisotopic (exact) mass is 335 g/mol. The first-order valence-corrected chi connectivity index (χ1v) is 8.46. The molecule has 0 saturated carbocycles. The zero-order chi connectivity index (χ0) is 16.5. The van der Waals surface area contributed by atoms with Crippen molar-refractivity contribution in [3.8, 4) is 0 Å². The van der Waals surface area contributed by atoms with E-state index in [1.54, 1.807) is 23.5 Å². The minimum absolute atomic E-state index is 0.195. The maximum Gasteiger partial charge on any atom is 0.191 e. The van der Waals surface area contributed by atoms with Crippen molar-refractivity contribution in [2.75, 3.05) is 19.3 Å². The van der Waals surface area contributed by atoms with Crippen LogP contribution in [0.3, 0.4) is 0 Å². The van der Waals surface area contributed by atoms with E-state index in [4.69, 9.17) is 0 Å². The van der Waals surface area contributed by atoms with E-state index in [-0.39, 0.29) is 5.82 Å². The maximum absolute atomic E-state index is 12.8. The van der Waals surface area contributed by atoms with Gasteiger partial charge < -0.3 is 10.6 Å². The van der Waals surface area contributed by atoms with Crippen LogP contribution in [0.1, 0.15) is 12.0 Å². The number of thioether (sulfide) groups is 1. The number of aryl methyl sites for hydroxylation is 1. The summed E-state index contributed by atoms with van der Waals surface area (Å²) in [5.41, 5.74) is 1.11. The van der Waals surface area contributed by atoms with Gasteiger partial charge in [0.25, 0.3) is 0 Å². The third-order valence-electron chi connectivity index (χ3n) is 3.14. The lowest BCUT2D eigenvalue weighted by Crippen LogP contribution is -2.37. The summed E-state index contributed by atoms with van der Waals surface area (Å²) in [7, 11) is 3.65. The lowest BCUT2D eigenvalue weighted by molar-refractivity contribution is 0.626. The second-order valence-corrected chi connectivity index (χ2v) is 6.20. The van der Waals surface area contributed by atoms with Crippen LogP contribution in [0.5, 0.6) is 0 Å². The Hall–Kier alpha value is -2.02. The van der Waals surface area contributed by atoms with Crippen LogP contribution >= 0.6 is 11.8 Å². The van der Waals surface area contributed by atoms with E-state index in [1.165, 1.54) is 12.1 Å². The number of halogens is 1. The maximum atomic E-state index is 12.8. The predicted molar refractivity (Wildman–Crippen MR) is 93.2 cm³/mol. The van der Waals surface area contributed by atoms with Crippen molar-refractivity contribution in [2.45, 2.75) is 17.9 Å². The molecule has 0 spiro atoms. The molecule has 0 aliphatic heterocycles. The van der Waals surface area contributed by atoms with E-state index < -0.39 is 0 Å². The Labute approximate surface area is 140 Å². The van der Waals surface area contributed by atoms with Crippen LogP contribution in [-0.2, 0) is 13.6 Å². The van der Waals surface area contributed by atoms with E-state index >= 15 is 0 Å². The normalized spacial score (nSPS) is 11.5. The Kier molecular flexibility index (Phi) is 6.93. The zero-order valence-corrected chi connectivity index (χ0v) is 14.2. The van der Waals surface area contributed by atoms with Crippen LogP contribution in [-0.4, -0.2) is 35.1 Å². The number of benzene rings is 1. The molecule has 0 aliphatic carbocycles. The molecule has 0 amide bonds. The summed E-state index contributed by atoms with van der Waals surface area (Å²) >= 11 is 1.72. The largest absolute Gasteiger partial charge is 0.356 e. The van der Waals surface area contributed by atoms with E-state index in [2.05, 4.69) is 20.7 Å². The molecule has 124 valence electrons. The lowest BCUT2D eigenvalue weighted by Gasteiger charge is -2.11. The fourth-order valence-electron chi connectivity index (χ4n) is 1.97. The number of nitrogens with one attached hydrogen (secondary N) is 2. The number of hydrogen-bond donors (Lipinski definition) is 2. The van der Waals surface area contributed by atoms with Crippen LogP contribution in [0.25, 0.3) is 0 Å². The molecule has 2 aromatic rings. The molecule has 1 heterocycles. The molecule has 0 fully saturated rings. The molecule has 23 heavy (non-hydrogen) atoms. The number of hydrogen-bond acceptors (Lipinski definition) is 3. The standard InChI is InChI=1S/C16H22FN5S/c1-18-16(20-10-13-11-21-22(2)12-13)19-8-3-9-23-15-6-4-14(17)5-7-15/h4-7,11-12H,3,8-10H2,1-2H3,(H2,18,19,20). The molecule has 2 N–H and O–H groups in total. The number of aromatic nitrogens is 2. The topological polar surface area (TPSA) is 54.2 Å². The highest BCUT2D eigenvalue weighted by atomic mass is 32.2. The van der Waals surface area contributed by atoms with Crippen molar-refractivity contribution in [1.29, 1.82) is 0 Å². The molecule has 7 heteroatoms. The van der Waals surface area contributed by atoms with Gasteiger partial charge in [0.05, 0.1) is 6.20 Å². The molecule has 0 aliphatic rings. The average molecular weight is 335 g/mol. The van der Waals surface area contributed by atoms with Crippen LogP contribution in [0.2, 0.25) is 0 Å². The van der Waals surface area contributed by atoms with Crippen LogP contribution < -0.4 is 10.6 Å². The van der Waals surface area contributed by atoms with Crippen LogP contribution in [0.4, 0.5) is 4.39 Å². The van der Waals surface area contributed by atoms with Gasteiger partial charge in [-0.05, 0) is 36.4 Å². The van der Waals surface area contributed by atoms with Crippen molar-refractivity contribution in [1.82, 2.24) is 20.4 Å². The van der Waals surface area contributed by atoms with Crippen molar-refractivity contribution >= 4 is 17.7 Å². The smallest absolute Gasteiger partial charge is 0.191 e. The van der Waals surface area contributed by atoms with Gasteiger partial charge in [-0.3, -0.25) is 9.67 Å². The molecular weight excluding hydrogens is 313 g/mol. The molecule has 0 atom stereocenters. The number of rotatable bonds is 7. The summed E-state index contributed by atoms with van der Waals surface area (Å²) in [4.78, 5) is 5.28. The van der Waals surface area contributed by atoms with E-state index in [9.17, 15) is 4.39 Å². The number of aliphatic imine (C=N–C) groups is 1. The fraction of sp³-hybridized carbons (Fsp3) is 0.375. The third-order valence-corrected chi connectivity index (χ3v) is 4.24. The highest BCUT2D eigenvalue weighted by Gasteiger charge is 2.00. The minimum atomic E-state index is -0.195. The Morgan fingerprint density at radius 3 is 2.74 bits per heavy atom. The van der Waals surface area contributed by atoms with Gasteiger partial charge in [-0.2, -0.15) is 5.10 Å². The Balaban J connectivity index is 1.61. The summed E-state index contributed by atoms with van der Waals surface area (Å²) in [6.07, 6.45) is 4.80. The molecule has 1 aromatic heterocycles. The van der Waals surface area contributed by atoms with Crippen molar-refractivity contribution < 1.29 is 4.39 Å². The number of guanidine groups is 1. The molecule has 2 rings (SSSR count). The Bertz CT molecular complexity index is 624. The predicted octanol–water partition coefficient (Wildman–Crippen LogP) is 2.41. The summed E-state index contributed by atoms with van der Waals surface area (Å²) in [6.45, 7) is 1.53. The second-order valence-electron chi connectivity index (χ2n) is 5.03. The quantitative estimate of drug-likeness (QED) is 0.353. The Morgan fingerprint density at radius 1 is 1.30 bits per heavy atom. The molecule has 0 unspecified atom stereocenters. The average Bonchev–Trinajstić information content (AvgIpc) is 2.97. The first-order valence-electron chi connectivity index (χ1n) is 7.48. The molecule has 0 bridgehead atoms. The van der Waals surface area contributed by atoms with Crippen LogP contribution in [0, 0.1) is 5.82 Å². The summed E-state index contributed by atoms with van der Waals surface area (Å²) < 4.78 is 14.6. The molecule has 0 radical (unpaired) electrons. The van der Waals surface area contributed by atoms with Gasteiger partial charge in [-0.1, -0.05) is 0 Å². The first-order chi connectivity index (χ1) is 11.2. The SMILES string of the molecule is CN=C(NCCCSc1ccc(F)cc1)NCc1cnn(C)c1. The molecule has 5 nitrogen and oxygen atoms in total. The molecule has 1 aromatic carbocycles. The van der Waals surface area contributed by atoms with Gasteiger partial charge in [0, 0.05) is 43.8 Å². The summed E-state index contributed by atoms with van der Waals surface area (Å²) in [5.74, 6) is 1.55. The van der Waals surface area contributed by atoms with Crippen LogP contribution in [0.15, 0.2) is 46.5 Å². The van der Waals surface area contributed by atoms with Crippen molar-refractivity contribution in [2.24, 2.45) is 12.0 Å². The van der Waals surface area contributed by atoms with Gasteiger partial charge in [0.2, 0.25) is 0 Å². The van der Waals surface area contributed by atoms with Gasteiger partial charge in [0.1, 0.15) is 5.82 Å². The van der Waals surface area contributed by atoms with Gasteiger partial charge in [0.15, 0.2) is 5.96 Å². The highest BCUT2D eigenvalue weighted by molar-refractivity contribution is 7.99. The summed E-state index contributed by atoms with van der Waals surface area (Å²) in [6, 6.07) is 6.60. The molecular formula is C16H22FN5S.